The molecule has 1 aromatic heterocycles. The molecule has 8 nitrogen and oxygen atoms in total. The number of esters is 1. The van der Waals surface area contributed by atoms with E-state index in [4.69, 9.17) is 9.47 Å². The second kappa shape index (κ2) is 5.45. The molecule has 1 aliphatic heterocycles. The van der Waals surface area contributed by atoms with Crippen molar-refractivity contribution in [1.29, 1.82) is 0 Å². The highest BCUT2D eigenvalue weighted by molar-refractivity contribution is 5.77. The fourth-order valence-corrected chi connectivity index (χ4v) is 2.54. The van der Waals surface area contributed by atoms with Gasteiger partial charge in [0.05, 0.1) is 25.2 Å². The molecule has 3 atom stereocenters. The van der Waals surface area contributed by atoms with Crippen molar-refractivity contribution >= 4 is 5.97 Å². The average molecular weight is 298 g/mol. The van der Waals surface area contributed by atoms with Crippen molar-refractivity contribution in [3.05, 3.63) is 32.6 Å². The number of hydrogen-bond acceptors (Lipinski definition) is 6. The van der Waals surface area contributed by atoms with Gasteiger partial charge in [-0.1, -0.05) is 0 Å². The highest BCUT2D eigenvalue weighted by Crippen LogP contribution is 2.43. The van der Waals surface area contributed by atoms with Gasteiger partial charge >= 0.3 is 11.7 Å². The Balaban J connectivity index is 2.41. The molecule has 2 N–H and O–H groups in total. The molecule has 0 bridgehead atoms. The highest BCUT2D eigenvalue weighted by Gasteiger charge is 2.52. The first-order valence-electron chi connectivity index (χ1n) is 6.50. The van der Waals surface area contributed by atoms with Gasteiger partial charge in [0.1, 0.15) is 6.23 Å². The molecular weight excluding hydrogens is 280 g/mol. The largest absolute Gasteiger partial charge is 0.469 e. The first-order chi connectivity index (χ1) is 9.83. The summed E-state index contributed by atoms with van der Waals surface area (Å²) >= 11 is 0. The van der Waals surface area contributed by atoms with Crippen LogP contribution in [0.2, 0.25) is 0 Å². The summed E-state index contributed by atoms with van der Waals surface area (Å²) in [7, 11) is 1.26. The van der Waals surface area contributed by atoms with Gasteiger partial charge in [0.2, 0.25) is 0 Å². The molecule has 1 unspecified atom stereocenters. The zero-order valence-corrected chi connectivity index (χ0v) is 12.1. The number of aliphatic hydroxyl groups excluding tert-OH is 1. The maximum atomic E-state index is 11.9. The number of aryl methyl sites for hydroxylation is 1. The molecule has 0 radical (unpaired) electrons. The molecule has 1 saturated heterocycles. The molecule has 116 valence electrons. The van der Waals surface area contributed by atoms with Gasteiger partial charge in [-0.25, -0.2) is 4.79 Å². The summed E-state index contributed by atoms with van der Waals surface area (Å²) in [6, 6.07) is 0. The minimum absolute atomic E-state index is 0.163. The minimum Gasteiger partial charge on any atom is -0.469 e. The maximum Gasteiger partial charge on any atom is 0.330 e. The second-order valence-corrected chi connectivity index (χ2v) is 5.35. The third-order valence-electron chi connectivity index (χ3n) is 3.90. The molecule has 0 aromatic carbocycles. The van der Waals surface area contributed by atoms with Crippen molar-refractivity contribution in [3.8, 4) is 0 Å². The lowest BCUT2D eigenvalue weighted by Gasteiger charge is -2.24. The van der Waals surface area contributed by atoms with E-state index in [1.54, 1.807) is 13.8 Å². The van der Waals surface area contributed by atoms with Gasteiger partial charge in [-0.3, -0.25) is 19.1 Å². The molecule has 0 saturated carbocycles. The van der Waals surface area contributed by atoms with Crippen LogP contribution in [0.15, 0.2) is 15.8 Å². The number of carbonyl (C=O) groups excluding carboxylic acids is 1. The third-order valence-corrected chi connectivity index (χ3v) is 3.90. The first kappa shape index (κ1) is 15.5. The Morgan fingerprint density at radius 1 is 1.62 bits per heavy atom. The molecule has 0 spiro atoms. The molecular formula is C13H18N2O6. The Kier molecular flexibility index (Phi) is 4.02. The van der Waals surface area contributed by atoms with E-state index >= 15 is 0 Å². The number of ether oxygens (including phenoxy) is 2. The van der Waals surface area contributed by atoms with E-state index in [-0.39, 0.29) is 13.0 Å². The van der Waals surface area contributed by atoms with Crippen LogP contribution in [-0.2, 0) is 14.3 Å². The van der Waals surface area contributed by atoms with Crippen LogP contribution >= 0.6 is 0 Å². The third kappa shape index (κ3) is 2.52. The van der Waals surface area contributed by atoms with Crippen LogP contribution in [0.4, 0.5) is 0 Å². The fourth-order valence-electron chi connectivity index (χ4n) is 2.54. The van der Waals surface area contributed by atoms with Gasteiger partial charge in [-0.2, -0.15) is 0 Å². The van der Waals surface area contributed by atoms with Crippen molar-refractivity contribution in [2.75, 3.05) is 13.7 Å². The number of methoxy groups -OCH3 is 1. The van der Waals surface area contributed by atoms with Gasteiger partial charge in [-0.15, -0.1) is 0 Å². The number of aromatic amines is 1. The van der Waals surface area contributed by atoms with E-state index in [1.807, 2.05) is 0 Å². The summed E-state index contributed by atoms with van der Waals surface area (Å²) in [5.41, 5.74) is -1.80. The van der Waals surface area contributed by atoms with E-state index in [9.17, 15) is 19.5 Å². The van der Waals surface area contributed by atoms with Crippen molar-refractivity contribution in [2.45, 2.75) is 32.6 Å². The lowest BCUT2D eigenvalue weighted by molar-refractivity contribution is -0.156. The van der Waals surface area contributed by atoms with Gasteiger partial charge in [-0.05, 0) is 13.8 Å². The number of rotatable bonds is 3. The molecule has 2 heterocycles. The van der Waals surface area contributed by atoms with Crippen LogP contribution in [0.25, 0.3) is 0 Å². The molecule has 0 aliphatic carbocycles. The SMILES string of the molecule is COC(=O)[C@@]1(C)CC(n2cc(C)c(=O)[nH]c2=O)O[C@@H]1CO. The number of nitrogens with one attached hydrogen (secondary N) is 1. The summed E-state index contributed by atoms with van der Waals surface area (Å²) < 4.78 is 11.6. The van der Waals surface area contributed by atoms with Gasteiger partial charge < -0.3 is 14.6 Å². The molecule has 1 aliphatic rings. The summed E-state index contributed by atoms with van der Waals surface area (Å²) in [6.07, 6.45) is 0.00271. The Morgan fingerprint density at radius 3 is 2.86 bits per heavy atom. The first-order valence-corrected chi connectivity index (χ1v) is 6.50. The normalized spacial score (nSPS) is 28.6. The van der Waals surface area contributed by atoms with Crippen LogP contribution in [0.5, 0.6) is 0 Å². The maximum absolute atomic E-state index is 11.9. The number of hydrogen-bond donors (Lipinski definition) is 2. The molecule has 1 fully saturated rings. The number of nitrogens with zero attached hydrogens (tertiary/aromatic N) is 1. The molecule has 1 aromatic rings. The monoisotopic (exact) mass is 298 g/mol. The Morgan fingerprint density at radius 2 is 2.29 bits per heavy atom. The quantitative estimate of drug-likeness (QED) is 0.714. The van der Waals surface area contributed by atoms with Crippen LogP contribution in [0.1, 0.15) is 25.1 Å². The standard InChI is InChI=1S/C13H18N2O6/c1-7-5-15(12(19)14-10(7)17)9-4-13(2,11(18)20-3)8(6-16)21-9/h5,8-9,16H,4,6H2,1-3H3,(H,14,17,19)/t8-,9?,13+/m1/s1. The minimum atomic E-state index is -1.06. The highest BCUT2D eigenvalue weighted by atomic mass is 16.5. The van der Waals surface area contributed by atoms with Gasteiger partial charge in [0, 0.05) is 18.2 Å². The van der Waals surface area contributed by atoms with Crippen molar-refractivity contribution in [1.82, 2.24) is 9.55 Å². The van der Waals surface area contributed by atoms with E-state index in [1.165, 1.54) is 17.9 Å². The zero-order chi connectivity index (χ0) is 15.8. The Labute approximate surface area is 120 Å². The van der Waals surface area contributed by atoms with Crippen molar-refractivity contribution in [2.24, 2.45) is 5.41 Å². The smallest absolute Gasteiger partial charge is 0.330 e. The number of carbonyl (C=O) groups is 1. The fraction of sp³-hybridized carbons (Fsp3) is 0.615. The van der Waals surface area contributed by atoms with Crippen molar-refractivity contribution in [3.63, 3.8) is 0 Å². The van der Waals surface area contributed by atoms with E-state index in [0.29, 0.717) is 5.56 Å². The van der Waals surface area contributed by atoms with Crippen LogP contribution in [0, 0.1) is 12.3 Å². The number of H-pyrrole nitrogens is 1. The molecule has 2 rings (SSSR count). The van der Waals surface area contributed by atoms with E-state index in [2.05, 4.69) is 4.98 Å². The predicted octanol–water partition coefficient (Wildman–Crippen LogP) is -0.696. The van der Waals surface area contributed by atoms with Crippen LogP contribution in [0.3, 0.4) is 0 Å². The van der Waals surface area contributed by atoms with E-state index < -0.39 is 35.0 Å². The predicted molar refractivity (Wildman–Crippen MR) is 71.8 cm³/mol. The Bertz CT molecular complexity index is 663. The lowest BCUT2D eigenvalue weighted by atomic mass is 9.83. The number of aromatic nitrogens is 2. The summed E-state index contributed by atoms with van der Waals surface area (Å²) in [4.78, 5) is 37.4. The van der Waals surface area contributed by atoms with Crippen LogP contribution in [-0.4, -0.2) is 40.4 Å². The Hall–Kier alpha value is -1.93. The molecule has 21 heavy (non-hydrogen) atoms. The van der Waals surface area contributed by atoms with Crippen LogP contribution < -0.4 is 11.2 Å². The number of aliphatic hydroxyl groups is 1. The summed E-state index contributed by atoms with van der Waals surface area (Å²) in [6.45, 7) is 2.80. The van der Waals surface area contributed by atoms with Gasteiger partial charge in [0.25, 0.3) is 5.56 Å². The van der Waals surface area contributed by atoms with Gasteiger partial charge in [0.15, 0.2) is 0 Å². The molecule has 8 heteroatoms. The lowest BCUT2D eigenvalue weighted by Crippen LogP contribution is -2.39. The summed E-state index contributed by atoms with van der Waals surface area (Å²) in [5.74, 6) is -0.516. The summed E-state index contributed by atoms with van der Waals surface area (Å²) in [5, 5.41) is 9.40. The molecule has 0 amide bonds. The zero-order valence-electron chi connectivity index (χ0n) is 12.1. The van der Waals surface area contributed by atoms with E-state index in [0.717, 1.165) is 0 Å². The van der Waals surface area contributed by atoms with Crippen molar-refractivity contribution < 1.29 is 19.4 Å². The average Bonchev–Trinajstić information content (AvgIpc) is 2.80. The topological polar surface area (TPSA) is 111 Å². The second-order valence-electron chi connectivity index (χ2n) is 5.35.